The van der Waals surface area contributed by atoms with Crippen molar-refractivity contribution in [3.05, 3.63) is 113 Å². The quantitative estimate of drug-likeness (QED) is 0.327. The molecule has 4 aromatic rings. The average molecular weight is 562 g/mol. The molecule has 0 amide bonds. The van der Waals surface area contributed by atoms with Crippen LogP contribution in [-0.2, 0) is 41.5 Å². The molecule has 0 spiro atoms. The molecule has 4 atom stereocenters. The molecule has 8 heteroatoms. The zero-order chi connectivity index (χ0) is 28.7. The van der Waals surface area contributed by atoms with Crippen LogP contribution in [0.5, 0.6) is 0 Å². The number of hydrogen-bond donors (Lipinski definition) is 1. The van der Waals surface area contributed by atoms with Crippen molar-refractivity contribution in [2.75, 3.05) is 0 Å². The van der Waals surface area contributed by atoms with Gasteiger partial charge in [0, 0.05) is 41.9 Å². The van der Waals surface area contributed by atoms with Crippen LogP contribution in [0, 0.1) is 23.2 Å². The third kappa shape index (κ3) is 4.56. The molecule has 0 saturated heterocycles. The molecule has 1 unspecified atom stereocenters. The lowest BCUT2D eigenvalue weighted by atomic mass is 9.54. The second-order valence-corrected chi connectivity index (χ2v) is 11.6. The zero-order valence-electron chi connectivity index (χ0n) is 22.8. The van der Waals surface area contributed by atoms with Crippen molar-refractivity contribution >= 4 is 17.0 Å². The number of aryl methyl sites for hydroxylation is 1. The van der Waals surface area contributed by atoms with Gasteiger partial charge in [0.15, 0.2) is 5.78 Å². The van der Waals surface area contributed by atoms with E-state index in [1.165, 1.54) is 0 Å². The maximum Gasteiger partial charge on any atom is 0.176 e. The van der Waals surface area contributed by atoms with Gasteiger partial charge in [-0.25, -0.2) is 4.72 Å². The summed E-state index contributed by atoms with van der Waals surface area (Å²) in [6.45, 7) is 2.20. The molecular formula is C33H29N4O3S-. The molecule has 1 heterocycles. The number of rotatable bonds is 6. The Morgan fingerprint density at radius 2 is 1.80 bits per heavy atom. The molecule has 7 nitrogen and oxygen atoms in total. The standard InChI is InChI=1S/C33H30N4O3S/c1-21-29-16-15-28-30(25-8-6-7-24(17-25)23-13-11-22(12-14-23)20-35-41(39)40)37(2)36-32(28)33(29,18-26(19-34)31(21)38)27-9-4-3-5-10-27/h3-14,17-18,21,29,35H,15-16,20H2,1-2H3,(H,39,40)/p-1/t21-,29-,33+/m0/s1. The van der Waals surface area contributed by atoms with Gasteiger partial charge in [0.05, 0.1) is 22.4 Å². The van der Waals surface area contributed by atoms with E-state index in [2.05, 4.69) is 41.1 Å². The number of hydrogen-bond acceptors (Lipinski definition) is 5. The second-order valence-electron chi connectivity index (χ2n) is 10.8. The van der Waals surface area contributed by atoms with Gasteiger partial charge in [-0.1, -0.05) is 79.7 Å². The number of allylic oxidation sites excluding steroid dienone is 2. The summed E-state index contributed by atoms with van der Waals surface area (Å²) in [5.74, 6) is -0.369. The first-order chi connectivity index (χ1) is 19.8. The molecule has 41 heavy (non-hydrogen) atoms. The Hall–Kier alpha value is -4.16. The lowest BCUT2D eigenvalue weighted by Gasteiger charge is -2.47. The van der Waals surface area contributed by atoms with Gasteiger partial charge in [0.2, 0.25) is 0 Å². The van der Waals surface area contributed by atoms with Gasteiger partial charge in [0.1, 0.15) is 6.07 Å². The molecule has 1 aromatic heterocycles. The number of carbonyl (C=O) groups is 1. The summed E-state index contributed by atoms with van der Waals surface area (Å²) in [4.78, 5) is 13.1. The molecule has 3 aromatic carbocycles. The van der Waals surface area contributed by atoms with Crippen molar-refractivity contribution in [2.45, 2.75) is 31.7 Å². The molecule has 1 N–H and O–H groups in total. The number of Topliss-reactive ketones (excluding diaryl/α,β-unsaturated/α-hetero) is 1. The minimum Gasteiger partial charge on any atom is -0.760 e. The number of nitrogens with one attached hydrogen (secondary N) is 1. The van der Waals surface area contributed by atoms with E-state index in [0.29, 0.717) is 0 Å². The lowest BCUT2D eigenvalue weighted by Crippen LogP contribution is -2.48. The van der Waals surface area contributed by atoms with Crippen molar-refractivity contribution in [3.8, 4) is 28.5 Å². The van der Waals surface area contributed by atoms with Crippen LogP contribution in [0.3, 0.4) is 0 Å². The monoisotopic (exact) mass is 561 g/mol. The number of ketones is 1. The first-order valence-electron chi connectivity index (χ1n) is 13.6. The summed E-state index contributed by atoms with van der Waals surface area (Å²) in [5.41, 5.74) is 7.67. The number of nitrogens with zero attached hydrogens (tertiary/aromatic N) is 3. The van der Waals surface area contributed by atoms with E-state index in [0.717, 1.165) is 57.6 Å². The largest absolute Gasteiger partial charge is 0.760 e. The van der Waals surface area contributed by atoms with Crippen molar-refractivity contribution in [3.63, 3.8) is 0 Å². The van der Waals surface area contributed by atoms with Gasteiger partial charge >= 0.3 is 0 Å². The fraction of sp³-hybridized carbons (Fsp3) is 0.242. The zero-order valence-corrected chi connectivity index (χ0v) is 23.7. The second kappa shape index (κ2) is 10.7. The van der Waals surface area contributed by atoms with Gasteiger partial charge in [0.25, 0.3) is 0 Å². The van der Waals surface area contributed by atoms with Crippen LogP contribution in [0.4, 0.5) is 0 Å². The maximum atomic E-state index is 13.1. The van der Waals surface area contributed by atoms with Gasteiger partial charge in [-0.3, -0.25) is 13.7 Å². The lowest BCUT2D eigenvalue weighted by molar-refractivity contribution is -0.121. The van der Waals surface area contributed by atoms with E-state index >= 15 is 0 Å². The molecule has 2 aliphatic rings. The van der Waals surface area contributed by atoms with Crippen LogP contribution in [0.2, 0.25) is 0 Å². The molecular weight excluding hydrogens is 532 g/mol. The van der Waals surface area contributed by atoms with Gasteiger partial charge < -0.3 is 4.55 Å². The summed E-state index contributed by atoms with van der Waals surface area (Å²) in [7, 11) is 1.96. The highest BCUT2D eigenvalue weighted by molar-refractivity contribution is 7.77. The Labute approximate surface area is 242 Å². The average Bonchev–Trinajstić information content (AvgIpc) is 3.35. The number of nitriles is 1. The summed E-state index contributed by atoms with van der Waals surface area (Å²) in [6.07, 6.45) is 3.49. The van der Waals surface area contributed by atoms with E-state index in [4.69, 9.17) is 5.10 Å². The highest BCUT2D eigenvalue weighted by atomic mass is 32.2. The fourth-order valence-corrected chi connectivity index (χ4v) is 7.07. The maximum absolute atomic E-state index is 13.1. The van der Waals surface area contributed by atoms with Gasteiger partial charge in [-0.15, -0.1) is 0 Å². The van der Waals surface area contributed by atoms with E-state index in [9.17, 15) is 18.8 Å². The molecule has 0 saturated carbocycles. The van der Waals surface area contributed by atoms with E-state index in [-0.39, 0.29) is 29.7 Å². The number of carbonyl (C=O) groups excluding carboxylic acids is 1. The predicted molar refractivity (Wildman–Crippen MR) is 157 cm³/mol. The normalized spacial score (nSPS) is 22.3. The topological polar surface area (TPSA) is 111 Å². The van der Waals surface area contributed by atoms with Crippen molar-refractivity contribution in [1.82, 2.24) is 14.5 Å². The van der Waals surface area contributed by atoms with Crippen LogP contribution in [0.1, 0.15) is 35.7 Å². The van der Waals surface area contributed by atoms with Crippen molar-refractivity contribution in [2.24, 2.45) is 18.9 Å². The van der Waals surface area contributed by atoms with Crippen molar-refractivity contribution in [1.29, 1.82) is 5.26 Å². The molecule has 0 radical (unpaired) electrons. The van der Waals surface area contributed by atoms with E-state index < -0.39 is 16.7 Å². The highest BCUT2D eigenvalue weighted by Gasteiger charge is 2.54. The highest BCUT2D eigenvalue weighted by Crippen LogP contribution is 2.54. The molecule has 0 aliphatic heterocycles. The van der Waals surface area contributed by atoms with Crippen molar-refractivity contribution < 1.29 is 13.6 Å². The SMILES string of the molecule is C[C@@H]1C(=O)C(C#N)=C[C@]2(c3ccccc3)c3nn(C)c(-c4cccc(-c5ccc(CNS(=O)[O-])cc5)c4)c3CC[C@@H]12. The molecule has 206 valence electrons. The predicted octanol–water partition coefficient (Wildman–Crippen LogP) is 5.16. The van der Waals surface area contributed by atoms with E-state index in [1.807, 2.05) is 73.3 Å². The Bertz CT molecular complexity index is 1740. The van der Waals surface area contributed by atoms with Crippen LogP contribution >= 0.6 is 0 Å². The first kappa shape index (κ1) is 27.0. The summed E-state index contributed by atoms with van der Waals surface area (Å²) < 4.78 is 26.0. The first-order valence-corrected chi connectivity index (χ1v) is 14.7. The molecule has 0 fully saturated rings. The minimum atomic E-state index is -2.30. The van der Waals surface area contributed by atoms with Crippen LogP contribution in [0.15, 0.2) is 90.5 Å². The number of benzene rings is 3. The van der Waals surface area contributed by atoms with Crippen LogP contribution < -0.4 is 4.72 Å². The Morgan fingerprint density at radius 3 is 2.51 bits per heavy atom. The minimum absolute atomic E-state index is 0.00290. The Kier molecular flexibility index (Phi) is 7.04. The third-order valence-corrected chi connectivity index (χ3v) is 9.05. The number of aromatic nitrogens is 2. The Morgan fingerprint density at radius 1 is 1.07 bits per heavy atom. The summed E-state index contributed by atoms with van der Waals surface area (Å²) >= 11 is -2.30. The van der Waals surface area contributed by atoms with E-state index in [1.54, 1.807) is 0 Å². The molecule has 6 rings (SSSR count). The van der Waals surface area contributed by atoms with Crippen LogP contribution in [-0.4, -0.2) is 24.3 Å². The molecule has 0 bridgehead atoms. The smallest absolute Gasteiger partial charge is 0.176 e. The molecule has 2 aliphatic carbocycles. The third-order valence-electron chi connectivity index (χ3n) is 8.67. The van der Waals surface area contributed by atoms with Crippen LogP contribution in [0.25, 0.3) is 22.4 Å². The fourth-order valence-electron chi connectivity index (χ4n) is 6.79. The van der Waals surface area contributed by atoms with Gasteiger partial charge in [-0.05, 0) is 53.2 Å². The Balaban J connectivity index is 1.47. The van der Waals surface area contributed by atoms with Gasteiger partial charge in [-0.2, -0.15) is 10.4 Å². The summed E-state index contributed by atoms with van der Waals surface area (Å²) in [5, 5.41) is 15.1. The summed E-state index contributed by atoms with van der Waals surface area (Å²) in [6, 6.07) is 28.5. The number of fused-ring (bicyclic) bond motifs is 3.